The highest BCUT2D eigenvalue weighted by atomic mass is 35.5. The molecule has 1 saturated heterocycles. The Morgan fingerprint density at radius 2 is 1.97 bits per heavy atom. The molecule has 202 valence electrons. The average molecular weight is 554 g/mol. The Balaban J connectivity index is 1.95. The molecule has 1 aliphatic rings. The van der Waals surface area contributed by atoms with Crippen molar-refractivity contribution in [2.75, 3.05) is 25.2 Å². The number of halogens is 3. The van der Waals surface area contributed by atoms with Gasteiger partial charge in [-0.3, -0.25) is 9.59 Å². The topological polar surface area (TPSA) is 80.8 Å². The third-order valence-electron chi connectivity index (χ3n) is 6.31. The van der Waals surface area contributed by atoms with Crippen LogP contribution in [0.4, 0.5) is 14.6 Å². The molecular weight excluding hydrogens is 520 g/mol. The van der Waals surface area contributed by atoms with Gasteiger partial charge >= 0.3 is 6.61 Å². The lowest BCUT2D eigenvalue weighted by molar-refractivity contribution is -0.132. The van der Waals surface area contributed by atoms with E-state index < -0.39 is 26.0 Å². The van der Waals surface area contributed by atoms with E-state index >= 15 is 0 Å². The number of ether oxygens (including phenoxy) is 2. The predicted octanol–water partition coefficient (Wildman–Crippen LogP) is 5.88. The van der Waals surface area contributed by atoms with Gasteiger partial charge in [0.2, 0.25) is 11.8 Å². The van der Waals surface area contributed by atoms with Crippen LogP contribution < -0.4 is 10.1 Å². The number of benzene rings is 1. The van der Waals surface area contributed by atoms with Gasteiger partial charge in [0.05, 0.1) is 5.02 Å². The van der Waals surface area contributed by atoms with Crippen LogP contribution in [0.3, 0.4) is 0 Å². The maximum absolute atomic E-state index is 13.9. The summed E-state index contributed by atoms with van der Waals surface area (Å²) in [6.45, 7) is 8.29. The third kappa shape index (κ3) is 7.27. The lowest BCUT2D eigenvalue weighted by Gasteiger charge is -2.31. The number of likely N-dealkylation sites (tertiary alicyclic amines) is 1. The lowest BCUT2D eigenvalue weighted by atomic mass is 9.74. The maximum atomic E-state index is 13.9. The Kier molecular flexibility index (Phi) is 9.30. The van der Waals surface area contributed by atoms with E-state index in [0.717, 1.165) is 17.7 Å². The summed E-state index contributed by atoms with van der Waals surface area (Å²) in [6.07, 6.45) is 1.13. The first-order chi connectivity index (χ1) is 17.3. The number of aromatic nitrogens is 1. The van der Waals surface area contributed by atoms with Crippen LogP contribution in [-0.4, -0.2) is 56.3 Å². The number of pyridine rings is 1. The largest absolute Gasteiger partial charge is 0.431 e. The molecule has 1 aromatic heterocycles. The summed E-state index contributed by atoms with van der Waals surface area (Å²) in [5.74, 6) is -1.26. The summed E-state index contributed by atoms with van der Waals surface area (Å²) in [7, 11) is -1.31. The van der Waals surface area contributed by atoms with Gasteiger partial charge in [0.1, 0.15) is 12.1 Å². The minimum atomic E-state index is -3.14. The third-order valence-corrected chi connectivity index (χ3v) is 8.22. The van der Waals surface area contributed by atoms with Gasteiger partial charge in [-0.2, -0.15) is 8.78 Å². The zero-order chi connectivity index (χ0) is 27.4. The number of amides is 2. The van der Waals surface area contributed by atoms with Crippen LogP contribution in [0.2, 0.25) is 30.7 Å². The first kappa shape index (κ1) is 29.0. The van der Waals surface area contributed by atoms with Crippen LogP contribution in [-0.2, 0) is 19.7 Å². The van der Waals surface area contributed by atoms with E-state index in [1.807, 2.05) is 38.1 Å². The SMILES string of the molecule is CC(C)c1ccccc1C1(C(=O)Nc2ncc(Cl)cc2OC(F)F)CC(=O)N(COCC[Si](C)(C)C)C1. The molecule has 2 aromatic rings. The van der Waals surface area contributed by atoms with Gasteiger partial charge in [0, 0.05) is 39.9 Å². The van der Waals surface area contributed by atoms with Crippen LogP contribution in [0, 0.1) is 0 Å². The molecule has 37 heavy (non-hydrogen) atoms. The highest BCUT2D eigenvalue weighted by Gasteiger charge is 2.51. The van der Waals surface area contributed by atoms with E-state index in [1.54, 1.807) is 0 Å². The molecule has 0 aliphatic carbocycles. The van der Waals surface area contributed by atoms with E-state index in [2.05, 4.69) is 34.7 Å². The molecule has 0 saturated carbocycles. The van der Waals surface area contributed by atoms with Crippen molar-refractivity contribution < 1.29 is 27.8 Å². The fraction of sp³-hybridized carbons (Fsp3) is 0.500. The molecule has 1 unspecified atom stereocenters. The summed E-state index contributed by atoms with van der Waals surface area (Å²) < 4.78 is 36.4. The van der Waals surface area contributed by atoms with Crippen molar-refractivity contribution in [2.45, 2.75) is 63.9 Å². The summed E-state index contributed by atoms with van der Waals surface area (Å²) in [4.78, 5) is 32.7. The number of alkyl halides is 2. The number of hydrogen-bond acceptors (Lipinski definition) is 5. The number of carbonyl (C=O) groups excluding carboxylic acids is 2. The van der Waals surface area contributed by atoms with Crippen LogP contribution in [0.5, 0.6) is 5.75 Å². The monoisotopic (exact) mass is 553 g/mol. The highest BCUT2D eigenvalue weighted by molar-refractivity contribution is 6.76. The van der Waals surface area contributed by atoms with Crippen molar-refractivity contribution in [3.05, 3.63) is 52.7 Å². The normalized spacial score (nSPS) is 18.1. The Morgan fingerprint density at radius 1 is 1.27 bits per heavy atom. The number of hydrogen-bond donors (Lipinski definition) is 1. The summed E-state index contributed by atoms with van der Waals surface area (Å²) in [6, 6.07) is 9.57. The number of nitrogens with zero attached hydrogens (tertiary/aromatic N) is 2. The van der Waals surface area contributed by atoms with Gasteiger partial charge in [-0.05, 0) is 23.1 Å². The van der Waals surface area contributed by atoms with Crippen molar-refractivity contribution in [2.24, 2.45) is 0 Å². The van der Waals surface area contributed by atoms with Crippen LogP contribution in [0.1, 0.15) is 37.3 Å². The molecule has 1 fully saturated rings. The molecular formula is C26H34ClF2N3O4Si. The number of rotatable bonds is 11. The molecule has 0 radical (unpaired) electrons. The smallest absolute Gasteiger partial charge is 0.387 e. The summed E-state index contributed by atoms with van der Waals surface area (Å²) in [5.41, 5.74) is 0.328. The molecule has 1 aliphatic heterocycles. The Hall–Kier alpha value is -2.56. The molecule has 3 rings (SSSR count). The van der Waals surface area contributed by atoms with Gasteiger partial charge in [0.15, 0.2) is 11.6 Å². The number of nitrogens with one attached hydrogen (secondary N) is 1. The van der Waals surface area contributed by atoms with E-state index in [4.69, 9.17) is 16.3 Å². The lowest BCUT2D eigenvalue weighted by Crippen LogP contribution is -2.44. The average Bonchev–Trinajstić information content (AvgIpc) is 3.14. The second-order valence-electron chi connectivity index (χ2n) is 10.8. The fourth-order valence-electron chi connectivity index (χ4n) is 4.33. The van der Waals surface area contributed by atoms with Crippen molar-refractivity contribution in [1.29, 1.82) is 0 Å². The van der Waals surface area contributed by atoms with E-state index in [9.17, 15) is 18.4 Å². The molecule has 11 heteroatoms. The highest BCUT2D eigenvalue weighted by Crippen LogP contribution is 2.41. The quantitative estimate of drug-likeness (QED) is 0.277. The van der Waals surface area contributed by atoms with E-state index in [0.29, 0.717) is 12.2 Å². The minimum Gasteiger partial charge on any atom is -0.431 e. The molecule has 1 aromatic carbocycles. The fourth-order valence-corrected chi connectivity index (χ4v) is 5.23. The predicted molar refractivity (Wildman–Crippen MR) is 142 cm³/mol. The summed E-state index contributed by atoms with van der Waals surface area (Å²) >= 11 is 5.91. The first-order valence-electron chi connectivity index (χ1n) is 12.2. The second kappa shape index (κ2) is 11.9. The summed E-state index contributed by atoms with van der Waals surface area (Å²) in [5, 5.41) is 2.71. The molecule has 0 spiro atoms. The van der Waals surface area contributed by atoms with Crippen LogP contribution in [0.25, 0.3) is 0 Å². The zero-order valence-corrected chi connectivity index (χ0v) is 23.6. The molecule has 7 nitrogen and oxygen atoms in total. The van der Waals surface area contributed by atoms with Crippen molar-refractivity contribution >= 4 is 37.3 Å². The minimum absolute atomic E-state index is 0.0706. The van der Waals surface area contributed by atoms with Gasteiger partial charge in [-0.15, -0.1) is 0 Å². The van der Waals surface area contributed by atoms with Gasteiger partial charge < -0.3 is 19.7 Å². The van der Waals surface area contributed by atoms with E-state index in [1.165, 1.54) is 11.1 Å². The standard InChI is InChI=1S/C26H34ClF2N3O4Si/c1-17(2)19-8-6-7-9-20(19)26(13-22(33)32(15-26)16-35-10-11-37(3,4)5)24(34)31-23-21(36-25(28)29)12-18(27)14-30-23/h6-9,12,14,17,25H,10-11,13,15-16H2,1-5H3,(H,30,31,34). The van der Waals surface area contributed by atoms with Gasteiger partial charge in [-0.1, -0.05) is 69.4 Å². The van der Waals surface area contributed by atoms with Crippen LogP contribution in [0.15, 0.2) is 36.5 Å². The number of carbonyl (C=O) groups is 2. The second-order valence-corrected chi connectivity index (χ2v) is 16.8. The van der Waals surface area contributed by atoms with Crippen LogP contribution >= 0.6 is 11.6 Å². The van der Waals surface area contributed by atoms with Crippen molar-refractivity contribution in [3.63, 3.8) is 0 Å². The van der Waals surface area contributed by atoms with Crippen molar-refractivity contribution in [3.8, 4) is 5.75 Å². The Labute approximate surface area is 222 Å². The number of anilines is 1. The van der Waals surface area contributed by atoms with Gasteiger partial charge in [0.25, 0.3) is 0 Å². The van der Waals surface area contributed by atoms with Gasteiger partial charge in [-0.25, -0.2) is 4.98 Å². The van der Waals surface area contributed by atoms with E-state index in [-0.39, 0.29) is 48.1 Å². The zero-order valence-electron chi connectivity index (χ0n) is 21.8. The Bertz CT molecular complexity index is 1130. The molecule has 1 atom stereocenters. The van der Waals surface area contributed by atoms with Crippen molar-refractivity contribution in [1.82, 2.24) is 9.88 Å². The maximum Gasteiger partial charge on any atom is 0.387 e. The molecule has 0 bridgehead atoms. The molecule has 1 N–H and O–H groups in total. The Morgan fingerprint density at radius 3 is 2.62 bits per heavy atom. The molecule has 2 heterocycles. The molecule has 2 amide bonds. The first-order valence-corrected chi connectivity index (χ1v) is 16.3.